The molecule has 0 aliphatic carbocycles. The van der Waals surface area contributed by atoms with E-state index in [1.807, 2.05) is 10.8 Å². The maximum atomic E-state index is 13.5. The largest absolute Gasteiger partial charge is 0.332 e. The van der Waals surface area contributed by atoms with E-state index in [2.05, 4.69) is 20.9 Å². The lowest BCUT2D eigenvalue weighted by Crippen LogP contribution is -2.38. The van der Waals surface area contributed by atoms with Crippen LogP contribution in [0, 0.1) is 5.82 Å². The summed E-state index contributed by atoms with van der Waals surface area (Å²) in [6.07, 6.45) is 3.62. The number of hydrogen-bond acceptors (Lipinski definition) is 2. The Morgan fingerprint density at radius 3 is 3.05 bits per heavy atom. The van der Waals surface area contributed by atoms with Crippen molar-refractivity contribution in [3.05, 3.63) is 52.3 Å². The van der Waals surface area contributed by atoms with Crippen LogP contribution in [0.2, 0.25) is 0 Å². The molecule has 1 amide bonds. The molecule has 0 N–H and O–H groups in total. The van der Waals surface area contributed by atoms with Crippen molar-refractivity contribution >= 4 is 21.8 Å². The number of rotatable bonds is 1. The zero-order valence-corrected chi connectivity index (χ0v) is 11.6. The SMILES string of the molecule is O=C(c1cccc(F)c1Br)N1CCn2ccnc2C1. The minimum Gasteiger partial charge on any atom is -0.332 e. The van der Waals surface area contributed by atoms with Gasteiger partial charge in [0.2, 0.25) is 0 Å². The third-order valence-electron chi connectivity index (χ3n) is 3.21. The highest BCUT2D eigenvalue weighted by atomic mass is 79.9. The Kier molecular flexibility index (Phi) is 3.10. The van der Waals surface area contributed by atoms with E-state index in [4.69, 9.17) is 0 Å². The van der Waals surface area contributed by atoms with Crippen molar-refractivity contribution in [1.29, 1.82) is 0 Å². The van der Waals surface area contributed by atoms with Gasteiger partial charge < -0.3 is 9.47 Å². The van der Waals surface area contributed by atoms with Crippen molar-refractivity contribution in [3.63, 3.8) is 0 Å². The number of carbonyl (C=O) groups excluding carboxylic acids is 1. The lowest BCUT2D eigenvalue weighted by atomic mass is 10.2. The highest BCUT2D eigenvalue weighted by molar-refractivity contribution is 9.10. The molecule has 0 unspecified atom stereocenters. The quantitative estimate of drug-likeness (QED) is 0.808. The van der Waals surface area contributed by atoms with Gasteiger partial charge in [0.05, 0.1) is 16.6 Å². The Labute approximate surface area is 118 Å². The van der Waals surface area contributed by atoms with Gasteiger partial charge >= 0.3 is 0 Å². The summed E-state index contributed by atoms with van der Waals surface area (Å²) < 4.78 is 15.7. The van der Waals surface area contributed by atoms with Crippen molar-refractivity contribution in [2.45, 2.75) is 13.1 Å². The van der Waals surface area contributed by atoms with Gasteiger partial charge in [0, 0.05) is 25.5 Å². The molecule has 1 aromatic heterocycles. The second kappa shape index (κ2) is 4.77. The second-order valence-electron chi connectivity index (χ2n) is 4.36. The number of fused-ring (bicyclic) bond motifs is 1. The summed E-state index contributed by atoms with van der Waals surface area (Å²) in [5, 5.41) is 0. The summed E-state index contributed by atoms with van der Waals surface area (Å²) in [5.74, 6) is 0.247. The van der Waals surface area contributed by atoms with Crippen molar-refractivity contribution in [2.24, 2.45) is 0 Å². The van der Waals surface area contributed by atoms with E-state index >= 15 is 0 Å². The molecule has 0 fully saturated rings. The van der Waals surface area contributed by atoms with Gasteiger partial charge in [-0.2, -0.15) is 0 Å². The van der Waals surface area contributed by atoms with Crippen molar-refractivity contribution in [2.75, 3.05) is 6.54 Å². The Bertz CT molecular complexity index is 641. The van der Waals surface area contributed by atoms with E-state index < -0.39 is 5.82 Å². The van der Waals surface area contributed by atoms with Crippen LogP contribution >= 0.6 is 15.9 Å². The molecule has 0 bridgehead atoms. The van der Waals surface area contributed by atoms with Crippen molar-refractivity contribution in [3.8, 4) is 0 Å². The molecule has 0 atom stereocenters. The average molecular weight is 324 g/mol. The fourth-order valence-corrected chi connectivity index (χ4v) is 2.62. The summed E-state index contributed by atoms with van der Waals surface area (Å²) in [6, 6.07) is 4.48. The molecule has 6 heteroatoms. The minimum atomic E-state index is -0.427. The molecule has 2 heterocycles. The molecule has 1 aromatic carbocycles. The zero-order valence-electron chi connectivity index (χ0n) is 10.0. The number of carbonyl (C=O) groups is 1. The molecule has 1 aliphatic rings. The van der Waals surface area contributed by atoms with Crippen LogP contribution in [-0.4, -0.2) is 26.9 Å². The molecule has 0 saturated carbocycles. The smallest absolute Gasteiger partial charge is 0.255 e. The van der Waals surface area contributed by atoms with E-state index in [0.29, 0.717) is 25.2 Å². The van der Waals surface area contributed by atoms with E-state index in [1.165, 1.54) is 12.1 Å². The number of benzene rings is 1. The molecular formula is C13H11BrFN3O. The van der Waals surface area contributed by atoms with E-state index in [9.17, 15) is 9.18 Å². The Balaban J connectivity index is 1.88. The lowest BCUT2D eigenvalue weighted by molar-refractivity contribution is 0.0706. The standard InChI is InChI=1S/C13H11BrFN3O/c14-12-9(2-1-3-10(12)15)13(19)18-7-6-17-5-4-16-11(17)8-18/h1-5H,6-8H2. The second-order valence-corrected chi connectivity index (χ2v) is 5.16. The maximum absolute atomic E-state index is 13.5. The minimum absolute atomic E-state index is 0.180. The van der Waals surface area contributed by atoms with Crippen LogP contribution in [0.1, 0.15) is 16.2 Å². The fourth-order valence-electron chi connectivity index (χ4n) is 2.19. The first kappa shape index (κ1) is 12.3. The van der Waals surface area contributed by atoms with Gasteiger partial charge in [0.25, 0.3) is 5.91 Å². The zero-order chi connectivity index (χ0) is 13.4. The lowest BCUT2D eigenvalue weighted by Gasteiger charge is -2.28. The monoisotopic (exact) mass is 323 g/mol. The number of imidazole rings is 1. The predicted octanol–water partition coefficient (Wildman–Crippen LogP) is 2.44. The summed E-state index contributed by atoms with van der Waals surface area (Å²) in [7, 11) is 0. The van der Waals surface area contributed by atoms with Crippen LogP contribution in [0.4, 0.5) is 4.39 Å². The highest BCUT2D eigenvalue weighted by Crippen LogP contribution is 2.23. The van der Waals surface area contributed by atoms with Crippen LogP contribution in [0.5, 0.6) is 0 Å². The van der Waals surface area contributed by atoms with Gasteiger partial charge in [-0.1, -0.05) is 6.07 Å². The number of hydrogen-bond donors (Lipinski definition) is 0. The van der Waals surface area contributed by atoms with E-state index in [0.717, 1.165) is 5.82 Å². The van der Waals surface area contributed by atoms with Crippen LogP contribution in [0.3, 0.4) is 0 Å². The third-order valence-corrected chi connectivity index (χ3v) is 4.02. The molecule has 0 spiro atoms. The molecule has 0 saturated heterocycles. The van der Waals surface area contributed by atoms with E-state index in [-0.39, 0.29) is 10.4 Å². The Morgan fingerprint density at radius 1 is 1.37 bits per heavy atom. The van der Waals surface area contributed by atoms with Gasteiger partial charge in [-0.05, 0) is 28.1 Å². The van der Waals surface area contributed by atoms with Gasteiger partial charge in [-0.15, -0.1) is 0 Å². The molecule has 0 radical (unpaired) electrons. The Morgan fingerprint density at radius 2 is 2.21 bits per heavy atom. The highest BCUT2D eigenvalue weighted by Gasteiger charge is 2.24. The first-order valence-electron chi connectivity index (χ1n) is 5.90. The Hall–Kier alpha value is -1.69. The van der Waals surface area contributed by atoms with Gasteiger partial charge in [0.15, 0.2) is 0 Å². The average Bonchev–Trinajstić information content (AvgIpc) is 2.88. The van der Waals surface area contributed by atoms with Gasteiger partial charge in [0.1, 0.15) is 11.6 Å². The van der Waals surface area contributed by atoms with Gasteiger partial charge in [-0.3, -0.25) is 4.79 Å². The predicted molar refractivity (Wildman–Crippen MR) is 71.1 cm³/mol. The summed E-state index contributed by atoms with van der Waals surface area (Å²) in [5.41, 5.74) is 0.347. The molecular weight excluding hydrogens is 313 g/mol. The summed E-state index contributed by atoms with van der Waals surface area (Å²) in [6.45, 7) is 1.77. The molecule has 3 rings (SSSR count). The van der Waals surface area contributed by atoms with Crippen LogP contribution in [0.25, 0.3) is 0 Å². The number of nitrogens with zero attached hydrogens (tertiary/aromatic N) is 3. The van der Waals surface area contributed by atoms with Crippen molar-refractivity contribution < 1.29 is 9.18 Å². The van der Waals surface area contributed by atoms with E-state index in [1.54, 1.807) is 17.2 Å². The summed E-state index contributed by atoms with van der Waals surface area (Å²) in [4.78, 5) is 18.3. The van der Waals surface area contributed by atoms with Crippen molar-refractivity contribution in [1.82, 2.24) is 14.5 Å². The molecule has 2 aromatic rings. The third kappa shape index (κ3) is 2.16. The fraction of sp³-hybridized carbons (Fsp3) is 0.231. The molecule has 4 nitrogen and oxygen atoms in total. The normalized spacial score (nSPS) is 14.3. The molecule has 1 aliphatic heterocycles. The van der Waals surface area contributed by atoms with Gasteiger partial charge in [-0.25, -0.2) is 9.37 Å². The van der Waals surface area contributed by atoms with Crippen LogP contribution in [0.15, 0.2) is 35.1 Å². The van der Waals surface area contributed by atoms with Crippen LogP contribution in [-0.2, 0) is 13.1 Å². The molecule has 98 valence electrons. The van der Waals surface area contributed by atoms with Crippen LogP contribution < -0.4 is 0 Å². The summed E-state index contributed by atoms with van der Waals surface area (Å²) >= 11 is 3.13. The first-order valence-corrected chi connectivity index (χ1v) is 6.69. The molecule has 19 heavy (non-hydrogen) atoms. The maximum Gasteiger partial charge on any atom is 0.255 e. The number of aromatic nitrogens is 2. The number of halogens is 2. The topological polar surface area (TPSA) is 38.1 Å². The number of amides is 1. The first-order chi connectivity index (χ1) is 9.16.